The molecule has 2 aromatic carbocycles. The number of hydrogen-bond donors (Lipinski definition) is 1. The molecule has 3 nitrogen and oxygen atoms in total. The molecule has 0 aliphatic heterocycles. The highest BCUT2D eigenvalue weighted by molar-refractivity contribution is 5.83. The molecule has 3 rings (SSSR count). The van der Waals surface area contributed by atoms with Gasteiger partial charge < -0.3 is 10.3 Å². The number of hydrogen-bond acceptors (Lipinski definition) is 2. The molecule has 0 aliphatic rings. The molecule has 1 aromatic heterocycles. The molecule has 0 fully saturated rings. The number of para-hydroxylation sites is 1. The lowest BCUT2D eigenvalue weighted by molar-refractivity contribution is 0.948. The number of nitrogen functional groups attached to an aromatic ring is 1. The van der Waals surface area contributed by atoms with E-state index in [-0.39, 0.29) is 0 Å². The van der Waals surface area contributed by atoms with Gasteiger partial charge in [-0.3, -0.25) is 0 Å². The van der Waals surface area contributed by atoms with Crippen molar-refractivity contribution in [3.8, 4) is 11.4 Å². The van der Waals surface area contributed by atoms with E-state index in [1.807, 2.05) is 24.3 Å². The van der Waals surface area contributed by atoms with Gasteiger partial charge in [0.25, 0.3) is 0 Å². The highest BCUT2D eigenvalue weighted by Gasteiger charge is 2.11. The number of benzene rings is 2. The van der Waals surface area contributed by atoms with Crippen molar-refractivity contribution in [2.45, 2.75) is 13.3 Å². The summed E-state index contributed by atoms with van der Waals surface area (Å²) in [6, 6.07) is 14.2. The number of nitrogens with zero attached hydrogens (tertiary/aromatic N) is 2. The van der Waals surface area contributed by atoms with Gasteiger partial charge in [-0.25, -0.2) is 4.98 Å². The molecule has 0 bridgehead atoms. The van der Waals surface area contributed by atoms with Crippen LogP contribution >= 0.6 is 0 Å². The second-order valence-electron chi connectivity index (χ2n) is 4.75. The second-order valence-corrected chi connectivity index (χ2v) is 4.75. The van der Waals surface area contributed by atoms with Crippen LogP contribution in [0, 0.1) is 0 Å². The van der Waals surface area contributed by atoms with Crippen molar-refractivity contribution in [1.82, 2.24) is 9.55 Å². The van der Waals surface area contributed by atoms with Crippen molar-refractivity contribution in [2.75, 3.05) is 5.73 Å². The van der Waals surface area contributed by atoms with E-state index in [9.17, 15) is 0 Å². The number of anilines is 1. The van der Waals surface area contributed by atoms with Gasteiger partial charge in [-0.15, -0.1) is 0 Å². The third-order valence-corrected chi connectivity index (χ3v) is 3.53. The van der Waals surface area contributed by atoms with E-state index < -0.39 is 0 Å². The van der Waals surface area contributed by atoms with E-state index in [1.54, 1.807) is 0 Å². The quantitative estimate of drug-likeness (QED) is 0.709. The van der Waals surface area contributed by atoms with E-state index in [1.165, 1.54) is 11.1 Å². The molecule has 96 valence electrons. The summed E-state index contributed by atoms with van der Waals surface area (Å²) in [5.41, 5.74) is 11.2. The van der Waals surface area contributed by atoms with Gasteiger partial charge in [0.1, 0.15) is 5.82 Å². The number of aromatic nitrogens is 2. The minimum atomic E-state index is 0.775. The zero-order valence-electron chi connectivity index (χ0n) is 11.2. The lowest BCUT2D eigenvalue weighted by Gasteiger charge is -2.05. The Labute approximate surface area is 112 Å². The fourth-order valence-corrected chi connectivity index (χ4v) is 2.53. The van der Waals surface area contributed by atoms with Crippen molar-refractivity contribution < 1.29 is 0 Å². The van der Waals surface area contributed by atoms with Crippen LogP contribution in [0.3, 0.4) is 0 Å². The molecule has 0 atom stereocenters. The first kappa shape index (κ1) is 11.8. The van der Waals surface area contributed by atoms with Gasteiger partial charge in [0.15, 0.2) is 0 Å². The fourth-order valence-electron chi connectivity index (χ4n) is 2.53. The van der Waals surface area contributed by atoms with Crippen molar-refractivity contribution in [3.05, 3.63) is 48.0 Å². The minimum absolute atomic E-state index is 0.775. The molecular weight excluding hydrogens is 234 g/mol. The van der Waals surface area contributed by atoms with Crippen LogP contribution in [0.2, 0.25) is 0 Å². The highest BCUT2D eigenvalue weighted by Crippen LogP contribution is 2.26. The van der Waals surface area contributed by atoms with E-state index >= 15 is 0 Å². The lowest BCUT2D eigenvalue weighted by Crippen LogP contribution is -1.95. The molecule has 19 heavy (non-hydrogen) atoms. The van der Waals surface area contributed by atoms with E-state index in [4.69, 9.17) is 10.7 Å². The molecule has 0 saturated carbocycles. The molecule has 3 aromatic rings. The molecule has 1 heterocycles. The van der Waals surface area contributed by atoms with Crippen molar-refractivity contribution in [2.24, 2.45) is 7.05 Å². The van der Waals surface area contributed by atoms with Gasteiger partial charge in [-0.2, -0.15) is 0 Å². The Hall–Kier alpha value is -2.29. The van der Waals surface area contributed by atoms with Gasteiger partial charge in [0.2, 0.25) is 0 Å². The maximum atomic E-state index is 5.74. The number of nitrogens with two attached hydrogens (primary N) is 1. The van der Waals surface area contributed by atoms with Crippen LogP contribution in [0.15, 0.2) is 42.5 Å². The lowest BCUT2D eigenvalue weighted by atomic mass is 10.1. The van der Waals surface area contributed by atoms with E-state index in [2.05, 4.69) is 36.7 Å². The predicted octanol–water partition coefficient (Wildman–Crippen LogP) is 3.38. The molecule has 0 saturated heterocycles. The maximum Gasteiger partial charge on any atom is 0.140 e. The highest BCUT2D eigenvalue weighted by atomic mass is 15.1. The summed E-state index contributed by atoms with van der Waals surface area (Å²) in [7, 11) is 2.07. The Bertz CT molecular complexity index is 724. The topological polar surface area (TPSA) is 43.8 Å². The smallest absolute Gasteiger partial charge is 0.140 e. The molecular formula is C16H17N3. The molecule has 3 heteroatoms. The van der Waals surface area contributed by atoms with Crippen LogP contribution in [0.4, 0.5) is 5.69 Å². The van der Waals surface area contributed by atoms with Crippen LogP contribution in [0.5, 0.6) is 0 Å². The van der Waals surface area contributed by atoms with Crippen LogP contribution in [-0.2, 0) is 13.5 Å². The number of aryl methyl sites for hydroxylation is 2. The SMILES string of the molecule is CCc1cccc2nc(-c3ccc(N)cc3)n(C)c12. The Balaban J connectivity index is 2.25. The van der Waals surface area contributed by atoms with Gasteiger partial charge in [0.05, 0.1) is 11.0 Å². The standard InChI is InChI=1S/C16H17N3/c1-3-11-5-4-6-14-15(11)19(2)16(18-14)12-7-9-13(17)10-8-12/h4-10H,3,17H2,1-2H3. The molecule has 0 unspecified atom stereocenters. The van der Waals surface area contributed by atoms with Crippen molar-refractivity contribution in [1.29, 1.82) is 0 Å². The van der Waals surface area contributed by atoms with Gasteiger partial charge in [-0.05, 0) is 42.3 Å². The Morgan fingerprint density at radius 3 is 2.53 bits per heavy atom. The predicted molar refractivity (Wildman–Crippen MR) is 79.9 cm³/mol. The van der Waals surface area contributed by atoms with Crippen molar-refractivity contribution >= 4 is 16.7 Å². The van der Waals surface area contributed by atoms with Crippen LogP contribution < -0.4 is 5.73 Å². The summed E-state index contributed by atoms with van der Waals surface area (Å²) in [6.45, 7) is 2.17. The maximum absolute atomic E-state index is 5.74. The Morgan fingerprint density at radius 2 is 1.84 bits per heavy atom. The second kappa shape index (κ2) is 4.43. The monoisotopic (exact) mass is 251 g/mol. The summed E-state index contributed by atoms with van der Waals surface area (Å²) in [5, 5.41) is 0. The van der Waals surface area contributed by atoms with Gasteiger partial charge in [-0.1, -0.05) is 19.1 Å². The zero-order valence-corrected chi connectivity index (χ0v) is 11.2. The van der Waals surface area contributed by atoms with E-state index in [0.717, 1.165) is 29.0 Å². The molecule has 0 aliphatic carbocycles. The first-order valence-electron chi connectivity index (χ1n) is 6.51. The Kier molecular flexibility index (Phi) is 2.75. The van der Waals surface area contributed by atoms with Gasteiger partial charge >= 0.3 is 0 Å². The summed E-state index contributed by atoms with van der Waals surface area (Å²) >= 11 is 0. The van der Waals surface area contributed by atoms with Crippen LogP contribution in [0.25, 0.3) is 22.4 Å². The van der Waals surface area contributed by atoms with Crippen molar-refractivity contribution in [3.63, 3.8) is 0 Å². The normalized spacial score (nSPS) is 11.1. The average Bonchev–Trinajstić information content (AvgIpc) is 2.77. The first-order chi connectivity index (χ1) is 9.20. The minimum Gasteiger partial charge on any atom is -0.399 e. The summed E-state index contributed by atoms with van der Waals surface area (Å²) < 4.78 is 2.17. The van der Waals surface area contributed by atoms with Crippen LogP contribution in [-0.4, -0.2) is 9.55 Å². The first-order valence-corrected chi connectivity index (χ1v) is 6.51. The fraction of sp³-hybridized carbons (Fsp3) is 0.188. The third-order valence-electron chi connectivity index (χ3n) is 3.53. The van der Waals surface area contributed by atoms with E-state index in [0.29, 0.717) is 0 Å². The van der Waals surface area contributed by atoms with Crippen LogP contribution in [0.1, 0.15) is 12.5 Å². The summed E-state index contributed by atoms with van der Waals surface area (Å²) in [5.74, 6) is 0.982. The number of rotatable bonds is 2. The molecule has 0 spiro atoms. The summed E-state index contributed by atoms with van der Waals surface area (Å²) in [4.78, 5) is 4.74. The zero-order chi connectivity index (χ0) is 13.4. The molecule has 0 radical (unpaired) electrons. The third kappa shape index (κ3) is 1.87. The largest absolute Gasteiger partial charge is 0.399 e. The summed E-state index contributed by atoms with van der Waals surface area (Å²) in [6.07, 6.45) is 1.01. The molecule has 2 N–H and O–H groups in total. The number of imidazole rings is 1. The average molecular weight is 251 g/mol. The Morgan fingerprint density at radius 1 is 1.11 bits per heavy atom. The molecule has 0 amide bonds. The number of fused-ring (bicyclic) bond motifs is 1. The van der Waals surface area contributed by atoms with Gasteiger partial charge in [0, 0.05) is 18.3 Å².